The van der Waals surface area contributed by atoms with Gasteiger partial charge in [-0.1, -0.05) is 36.8 Å². The Morgan fingerprint density at radius 3 is 2.43 bits per heavy atom. The third kappa shape index (κ3) is 3.92. The molecule has 1 unspecified atom stereocenters. The van der Waals surface area contributed by atoms with Crippen molar-refractivity contribution >= 4 is 0 Å². The molecule has 0 amide bonds. The first-order valence-electron chi connectivity index (χ1n) is 7.56. The van der Waals surface area contributed by atoms with E-state index in [0.29, 0.717) is 0 Å². The molecule has 0 saturated heterocycles. The largest absolute Gasteiger partial charge is 0.310 e. The third-order valence-corrected chi connectivity index (χ3v) is 4.00. The first kappa shape index (κ1) is 15.7. The summed E-state index contributed by atoms with van der Waals surface area (Å²) in [5, 5.41) is 3.54. The lowest BCUT2D eigenvalue weighted by atomic mass is 9.92. The second-order valence-electron chi connectivity index (χ2n) is 5.75. The van der Waals surface area contributed by atoms with Crippen LogP contribution in [0.4, 0.5) is 4.39 Å². The molecule has 1 atom stereocenters. The molecule has 1 N–H and O–H groups in total. The van der Waals surface area contributed by atoms with E-state index in [9.17, 15) is 4.39 Å². The van der Waals surface area contributed by atoms with Gasteiger partial charge in [-0.25, -0.2) is 4.39 Å². The minimum atomic E-state index is -0.160. The van der Waals surface area contributed by atoms with E-state index in [-0.39, 0.29) is 11.9 Å². The molecular weight excluding hydrogens is 261 g/mol. The first-order chi connectivity index (χ1) is 10.0. The summed E-state index contributed by atoms with van der Waals surface area (Å²) in [4.78, 5) is 0. The standard InChI is InChI=1S/C19H24FN/c1-5-21-19(18-10-13(2)6-7-15(18)4)12-16-11-17(20)9-8-14(16)3/h6-11,19,21H,5,12H2,1-4H3. The summed E-state index contributed by atoms with van der Waals surface area (Å²) in [5.41, 5.74) is 6.06. The molecule has 0 bridgehead atoms. The Morgan fingerprint density at radius 1 is 1.00 bits per heavy atom. The minimum absolute atomic E-state index is 0.160. The van der Waals surface area contributed by atoms with Crippen LogP contribution in [-0.4, -0.2) is 6.54 Å². The Hall–Kier alpha value is -1.67. The van der Waals surface area contributed by atoms with Gasteiger partial charge in [0.2, 0.25) is 0 Å². The fourth-order valence-corrected chi connectivity index (χ4v) is 2.75. The Morgan fingerprint density at radius 2 is 1.71 bits per heavy atom. The maximum Gasteiger partial charge on any atom is 0.123 e. The fraction of sp³-hybridized carbons (Fsp3) is 0.368. The Labute approximate surface area is 127 Å². The molecule has 0 heterocycles. The molecule has 0 radical (unpaired) electrons. The molecule has 0 aromatic heterocycles. The maximum absolute atomic E-state index is 13.5. The third-order valence-electron chi connectivity index (χ3n) is 4.00. The van der Waals surface area contributed by atoms with Gasteiger partial charge in [0.05, 0.1) is 0 Å². The van der Waals surface area contributed by atoms with Crippen molar-refractivity contribution in [3.05, 3.63) is 70.0 Å². The number of halogens is 1. The Kier molecular flexibility index (Phi) is 5.13. The van der Waals surface area contributed by atoms with Crippen LogP contribution < -0.4 is 5.32 Å². The normalized spacial score (nSPS) is 12.4. The van der Waals surface area contributed by atoms with Crippen LogP contribution in [0.3, 0.4) is 0 Å². The topological polar surface area (TPSA) is 12.0 Å². The lowest BCUT2D eigenvalue weighted by molar-refractivity contribution is 0.543. The molecule has 1 nitrogen and oxygen atoms in total. The van der Waals surface area contributed by atoms with Gasteiger partial charge in [0.15, 0.2) is 0 Å². The van der Waals surface area contributed by atoms with Crippen molar-refractivity contribution in [2.45, 2.75) is 40.2 Å². The van der Waals surface area contributed by atoms with Crippen LogP contribution in [0.25, 0.3) is 0 Å². The van der Waals surface area contributed by atoms with Crippen LogP contribution in [0.5, 0.6) is 0 Å². The van der Waals surface area contributed by atoms with Crippen molar-refractivity contribution in [1.29, 1.82) is 0 Å². The molecule has 2 aromatic carbocycles. The molecule has 0 spiro atoms. The molecule has 0 fully saturated rings. The van der Waals surface area contributed by atoms with Gasteiger partial charge in [0.1, 0.15) is 5.82 Å². The van der Waals surface area contributed by atoms with E-state index in [0.717, 1.165) is 24.1 Å². The second-order valence-corrected chi connectivity index (χ2v) is 5.75. The maximum atomic E-state index is 13.5. The van der Waals surface area contributed by atoms with Gasteiger partial charge in [-0.05, 0) is 68.1 Å². The van der Waals surface area contributed by atoms with Gasteiger partial charge in [0, 0.05) is 6.04 Å². The van der Waals surface area contributed by atoms with E-state index < -0.39 is 0 Å². The molecule has 21 heavy (non-hydrogen) atoms. The lowest BCUT2D eigenvalue weighted by Crippen LogP contribution is -2.24. The molecule has 0 aliphatic rings. The minimum Gasteiger partial charge on any atom is -0.310 e. The number of aryl methyl sites for hydroxylation is 3. The molecule has 2 rings (SSSR count). The summed E-state index contributed by atoms with van der Waals surface area (Å²) in [5.74, 6) is -0.160. The summed E-state index contributed by atoms with van der Waals surface area (Å²) in [7, 11) is 0. The highest BCUT2D eigenvalue weighted by Gasteiger charge is 2.15. The zero-order chi connectivity index (χ0) is 15.4. The van der Waals surface area contributed by atoms with Crippen molar-refractivity contribution in [1.82, 2.24) is 5.32 Å². The highest BCUT2D eigenvalue weighted by atomic mass is 19.1. The number of hydrogen-bond acceptors (Lipinski definition) is 1. The van der Waals surface area contributed by atoms with E-state index in [1.54, 1.807) is 6.07 Å². The van der Waals surface area contributed by atoms with Crippen molar-refractivity contribution in [2.24, 2.45) is 0 Å². The summed E-state index contributed by atoms with van der Waals surface area (Å²) in [6, 6.07) is 11.8. The molecule has 0 aliphatic carbocycles. The summed E-state index contributed by atoms with van der Waals surface area (Å²) < 4.78 is 13.5. The van der Waals surface area contributed by atoms with Crippen molar-refractivity contribution < 1.29 is 4.39 Å². The summed E-state index contributed by atoms with van der Waals surface area (Å²) >= 11 is 0. The van der Waals surface area contributed by atoms with Crippen LogP contribution in [0, 0.1) is 26.6 Å². The first-order valence-corrected chi connectivity index (χ1v) is 7.56. The average Bonchev–Trinajstić information content (AvgIpc) is 2.45. The second kappa shape index (κ2) is 6.86. The van der Waals surface area contributed by atoms with Gasteiger partial charge in [-0.15, -0.1) is 0 Å². The lowest BCUT2D eigenvalue weighted by Gasteiger charge is -2.22. The summed E-state index contributed by atoms with van der Waals surface area (Å²) in [6.07, 6.45) is 0.807. The van der Waals surface area contributed by atoms with Crippen LogP contribution in [0.15, 0.2) is 36.4 Å². The SMILES string of the molecule is CCNC(Cc1cc(F)ccc1C)c1cc(C)ccc1C. The van der Waals surface area contributed by atoms with Gasteiger partial charge in [-0.2, -0.15) is 0 Å². The highest BCUT2D eigenvalue weighted by molar-refractivity contribution is 5.35. The van der Waals surface area contributed by atoms with Gasteiger partial charge in [0.25, 0.3) is 0 Å². The zero-order valence-electron chi connectivity index (χ0n) is 13.3. The van der Waals surface area contributed by atoms with Crippen LogP contribution in [0.1, 0.15) is 40.8 Å². The molecule has 0 saturated carbocycles. The number of rotatable bonds is 5. The molecule has 2 heteroatoms. The quantitative estimate of drug-likeness (QED) is 0.843. The number of nitrogens with one attached hydrogen (secondary N) is 1. The van der Waals surface area contributed by atoms with E-state index in [2.05, 4.69) is 44.3 Å². The number of likely N-dealkylation sites (N-methyl/N-ethyl adjacent to an activating group) is 1. The molecule has 2 aromatic rings. The van der Waals surface area contributed by atoms with E-state index >= 15 is 0 Å². The van der Waals surface area contributed by atoms with E-state index in [1.807, 2.05) is 13.0 Å². The summed E-state index contributed by atoms with van der Waals surface area (Å²) in [6.45, 7) is 9.29. The van der Waals surface area contributed by atoms with Crippen LogP contribution in [-0.2, 0) is 6.42 Å². The van der Waals surface area contributed by atoms with Crippen molar-refractivity contribution in [3.8, 4) is 0 Å². The van der Waals surface area contributed by atoms with Crippen molar-refractivity contribution in [3.63, 3.8) is 0 Å². The predicted molar refractivity (Wildman–Crippen MR) is 87.2 cm³/mol. The van der Waals surface area contributed by atoms with Crippen LogP contribution in [0.2, 0.25) is 0 Å². The smallest absolute Gasteiger partial charge is 0.123 e. The van der Waals surface area contributed by atoms with E-state index in [4.69, 9.17) is 0 Å². The molecule has 0 aliphatic heterocycles. The predicted octanol–water partition coefficient (Wildman–Crippen LogP) is 4.64. The fourth-order valence-electron chi connectivity index (χ4n) is 2.75. The zero-order valence-corrected chi connectivity index (χ0v) is 13.3. The number of benzene rings is 2. The van der Waals surface area contributed by atoms with Crippen LogP contribution >= 0.6 is 0 Å². The Bertz CT molecular complexity index is 619. The van der Waals surface area contributed by atoms with Gasteiger partial charge < -0.3 is 5.32 Å². The Balaban J connectivity index is 2.35. The van der Waals surface area contributed by atoms with Gasteiger partial charge in [-0.3, -0.25) is 0 Å². The van der Waals surface area contributed by atoms with Crippen molar-refractivity contribution in [2.75, 3.05) is 6.54 Å². The van der Waals surface area contributed by atoms with E-state index in [1.165, 1.54) is 22.8 Å². The van der Waals surface area contributed by atoms with Gasteiger partial charge >= 0.3 is 0 Å². The number of hydrogen-bond donors (Lipinski definition) is 1. The average molecular weight is 285 g/mol. The monoisotopic (exact) mass is 285 g/mol. The highest BCUT2D eigenvalue weighted by Crippen LogP contribution is 2.24. The molecule has 112 valence electrons. The molecular formula is C19H24FN.